The molecule has 0 aliphatic rings. The summed E-state index contributed by atoms with van der Waals surface area (Å²) < 4.78 is 10.5. The predicted molar refractivity (Wildman–Crippen MR) is 79.9 cm³/mol. The molecule has 0 aromatic heterocycles. The molecule has 0 spiro atoms. The lowest BCUT2D eigenvalue weighted by molar-refractivity contribution is -0.155. The maximum absolute atomic E-state index is 11.7. The van der Waals surface area contributed by atoms with E-state index in [1.165, 1.54) is 0 Å². The van der Waals surface area contributed by atoms with E-state index in [0.29, 0.717) is 6.54 Å². The third-order valence-corrected chi connectivity index (χ3v) is 2.73. The molecule has 4 heteroatoms. The van der Waals surface area contributed by atoms with E-state index in [4.69, 9.17) is 9.47 Å². The Kier molecular flexibility index (Phi) is 5.57. The minimum atomic E-state index is -0.436. The van der Waals surface area contributed by atoms with Gasteiger partial charge in [-0.25, -0.2) is 0 Å². The first-order valence-electron chi connectivity index (χ1n) is 6.75. The van der Waals surface area contributed by atoms with Gasteiger partial charge in [-0.2, -0.15) is 0 Å². The van der Waals surface area contributed by atoms with Gasteiger partial charge < -0.3 is 9.47 Å². The maximum atomic E-state index is 11.7. The van der Waals surface area contributed by atoms with Gasteiger partial charge in [-0.15, -0.1) is 0 Å². The fourth-order valence-corrected chi connectivity index (χ4v) is 2.00. The Morgan fingerprint density at radius 2 is 1.95 bits per heavy atom. The molecule has 0 fully saturated rings. The van der Waals surface area contributed by atoms with Crippen molar-refractivity contribution in [2.24, 2.45) is 0 Å². The molecule has 0 saturated heterocycles. The highest BCUT2D eigenvalue weighted by molar-refractivity contribution is 5.72. The molecule has 0 saturated carbocycles. The SMILES string of the molecule is COc1ccc(CN(C)CC(=O)OC(C)(C)C)cc1C. The van der Waals surface area contributed by atoms with Crippen LogP contribution in [0.2, 0.25) is 0 Å². The number of esters is 1. The second kappa shape index (κ2) is 6.75. The number of hydrogen-bond acceptors (Lipinski definition) is 4. The van der Waals surface area contributed by atoms with E-state index in [0.717, 1.165) is 16.9 Å². The zero-order chi connectivity index (χ0) is 15.3. The Balaban J connectivity index is 2.56. The first-order chi connectivity index (χ1) is 9.21. The highest BCUT2D eigenvalue weighted by atomic mass is 16.6. The lowest BCUT2D eigenvalue weighted by Crippen LogP contribution is -2.32. The van der Waals surface area contributed by atoms with Gasteiger partial charge in [0, 0.05) is 6.54 Å². The van der Waals surface area contributed by atoms with Crippen LogP contribution in [0, 0.1) is 6.92 Å². The van der Waals surface area contributed by atoms with Gasteiger partial charge in [0.2, 0.25) is 0 Å². The van der Waals surface area contributed by atoms with Crippen molar-refractivity contribution in [1.82, 2.24) is 4.90 Å². The zero-order valence-electron chi connectivity index (χ0n) is 13.3. The molecule has 112 valence electrons. The molecule has 0 heterocycles. The van der Waals surface area contributed by atoms with Crippen molar-refractivity contribution in [2.75, 3.05) is 20.7 Å². The smallest absolute Gasteiger partial charge is 0.320 e. The van der Waals surface area contributed by atoms with E-state index in [-0.39, 0.29) is 12.5 Å². The van der Waals surface area contributed by atoms with Crippen LogP contribution in [0.5, 0.6) is 5.75 Å². The molecule has 0 radical (unpaired) electrons. The lowest BCUT2D eigenvalue weighted by atomic mass is 10.1. The molecule has 0 aliphatic heterocycles. The van der Waals surface area contributed by atoms with Crippen LogP contribution < -0.4 is 4.74 Å². The second-order valence-corrected chi connectivity index (χ2v) is 6.06. The molecule has 1 aromatic rings. The zero-order valence-corrected chi connectivity index (χ0v) is 13.3. The molecular weight excluding hydrogens is 254 g/mol. The molecule has 20 heavy (non-hydrogen) atoms. The van der Waals surface area contributed by atoms with Crippen molar-refractivity contribution < 1.29 is 14.3 Å². The third kappa shape index (κ3) is 5.61. The number of rotatable bonds is 5. The van der Waals surface area contributed by atoms with Gasteiger partial charge >= 0.3 is 5.97 Å². The van der Waals surface area contributed by atoms with E-state index in [9.17, 15) is 4.79 Å². The Morgan fingerprint density at radius 3 is 2.45 bits per heavy atom. The molecule has 0 atom stereocenters. The van der Waals surface area contributed by atoms with E-state index >= 15 is 0 Å². The fraction of sp³-hybridized carbons (Fsp3) is 0.562. The quantitative estimate of drug-likeness (QED) is 0.777. The van der Waals surface area contributed by atoms with Gasteiger partial charge in [0.25, 0.3) is 0 Å². The van der Waals surface area contributed by atoms with Crippen molar-refractivity contribution in [2.45, 2.75) is 39.8 Å². The minimum Gasteiger partial charge on any atom is -0.496 e. The number of methoxy groups -OCH3 is 1. The summed E-state index contributed by atoms with van der Waals surface area (Å²) >= 11 is 0. The Morgan fingerprint density at radius 1 is 1.30 bits per heavy atom. The number of hydrogen-bond donors (Lipinski definition) is 0. The first kappa shape index (κ1) is 16.5. The average molecular weight is 279 g/mol. The minimum absolute atomic E-state index is 0.203. The number of aryl methyl sites for hydroxylation is 1. The fourth-order valence-electron chi connectivity index (χ4n) is 2.00. The monoisotopic (exact) mass is 279 g/mol. The summed E-state index contributed by atoms with van der Waals surface area (Å²) in [5.74, 6) is 0.675. The molecule has 0 amide bonds. The Hall–Kier alpha value is -1.55. The largest absolute Gasteiger partial charge is 0.496 e. The van der Waals surface area contributed by atoms with Gasteiger partial charge in [-0.05, 0) is 51.9 Å². The third-order valence-electron chi connectivity index (χ3n) is 2.73. The molecule has 0 unspecified atom stereocenters. The molecule has 0 aliphatic carbocycles. The molecular formula is C16H25NO3. The van der Waals surface area contributed by atoms with Crippen LogP contribution in [0.15, 0.2) is 18.2 Å². The molecule has 0 N–H and O–H groups in total. The number of benzene rings is 1. The summed E-state index contributed by atoms with van der Waals surface area (Å²) in [7, 11) is 3.57. The molecule has 0 bridgehead atoms. The van der Waals surface area contributed by atoms with Gasteiger partial charge in [-0.3, -0.25) is 9.69 Å². The van der Waals surface area contributed by atoms with Crippen LogP contribution in [0.25, 0.3) is 0 Å². The molecule has 1 rings (SSSR count). The van der Waals surface area contributed by atoms with Crippen molar-refractivity contribution in [3.8, 4) is 5.75 Å². The van der Waals surface area contributed by atoms with Crippen LogP contribution in [-0.2, 0) is 16.1 Å². The highest BCUT2D eigenvalue weighted by Gasteiger charge is 2.17. The van der Waals surface area contributed by atoms with Gasteiger partial charge in [0.1, 0.15) is 11.4 Å². The number of likely N-dealkylation sites (N-methyl/N-ethyl adjacent to an activating group) is 1. The Labute approximate surface area is 121 Å². The van der Waals surface area contributed by atoms with Crippen molar-refractivity contribution in [3.63, 3.8) is 0 Å². The topological polar surface area (TPSA) is 38.8 Å². The number of ether oxygens (including phenoxy) is 2. The van der Waals surface area contributed by atoms with E-state index in [1.807, 2.05) is 51.8 Å². The standard InChI is InChI=1S/C16H25NO3/c1-12-9-13(7-8-14(12)19-6)10-17(5)11-15(18)20-16(2,3)4/h7-9H,10-11H2,1-6H3. The lowest BCUT2D eigenvalue weighted by Gasteiger charge is -2.22. The van der Waals surface area contributed by atoms with E-state index < -0.39 is 5.60 Å². The van der Waals surface area contributed by atoms with Gasteiger partial charge in [0.05, 0.1) is 13.7 Å². The van der Waals surface area contributed by atoms with Crippen molar-refractivity contribution in [3.05, 3.63) is 29.3 Å². The Bertz CT molecular complexity index is 463. The van der Waals surface area contributed by atoms with Crippen molar-refractivity contribution >= 4 is 5.97 Å². The van der Waals surface area contributed by atoms with Crippen LogP contribution in [0.4, 0.5) is 0 Å². The summed E-state index contributed by atoms with van der Waals surface area (Å²) in [6.45, 7) is 8.61. The number of carbonyl (C=O) groups excluding carboxylic acids is 1. The number of carbonyl (C=O) groups is 1. The van der Waals surface area contributed by atoms with Crippen LogP contribution in [0.1, 0.15) is 31.9 Å². The maximum Gasteiger partial charge on any atom is 0.320 e. The molecule has 1 aromatic carbocycles. The van der Waals surface area contributed by atoms with E-state index in [1.54, 1.807) is 7.11 Å². The average Bonchev–Trinajstić information content (AvgIpc) is 2.25. The number of nitrogens with zero attached hydrogens (tertiary/aromatic N) is 1. The summed E-state index contributed by atoms with van der Waals surface area (Å²) in [5.41, 5.74) is 1.80. The van der Waals surface area contributed by atoms with E-state index in [2.05, 4.69) is 6.07 Å². The van der Waals surface area contributed by atoms with Gasteiger partial charge in [-0.1, -0.05) is 12.1 Å². The summed E-state index contributed by atoms with van der Waals surface area (Å²) in [5, 5.41) is 0. The summed E-state index contributed by atoms with van der Waals surface area (Å²) in [6.07, 6.45) is 0. The van der Waals surface area contributed by atoms with Crippen LogP contribution in [-0.4, -0.2) is 37.2 Å². The highest BCUT2D eigenvalue weighted by Crippen LogP contribution is 2.19. The normalized spacial score (nSPS) is 11.6. The van der Waals surface area contributed by atoms with Crippen LogP contribution >= 0.6 is 0 Å². The summed E-state index contributed by atoms with van der Waals surface area (Å²) in [6, 6.07) is 6.04. The van der Waals surface area contributed by atoms with Crippen molar-refractivity contribution in [1.29, 1.82) is 0 Å². The van der Waals surface area contributed by atoms with Gasteiger partial charge in [0.15, 0.2) is 0 Å². The molecule has 4 nitrogen and oxygen atoms in total. The van der Waals surface area contributed by atoms with Crippen LogP contribution in [0.3, 0.4) is 0 Å². The summed E-state index contributed by atoms with van der Waals surface area (Å²) in [4.78, 5) is 13.7. The first-order valence-corrected chi connectivity index (χ1v) is 6.75. The predicted octanol–water partition coefficient (Wildman–Crippen LogP) is 2.78. The second-order valence-electron chi connectivity index (χ2n) is 6.06.